The van der Waals surface area contributed by atoms with Crippen molar-refractivity contribution in [1.29, 1.82) is 0 Å². The number of carbonyl (C=O) groups excluding carboxylic acids is 2. The molecule has 0 radical (unpaired) electrons. The van der Waals surface area contributed by atoms with Gasteiger partial charge in [-0.25, -0.2) is 4.98 Å². The summed E-state index contributed by atoms with van der Waals surface area (Å²) in [6.07, 6.45) is 3.29. The quantitative estimate of drug-likeness (QED) is 0.572. The highest BCUT2D eigenvalue weighted by atomic mass is 32.2. The highest BCUT2D eigenvalue weighted by Gasteiger charge is 2.25. The van der Waals surface area contributed by atoms with Crippen LogP contribution >= 0.6 is 11.8 Å². The lowest BCUT2D eigenvalue weighted by Crippen LogP contribution is -2.43. The average Bonchev–Trinajstić information content (AvgIpc) is 3.14. The summed E-state index contributed by atoms with van der Waals surface area (Å²) in [5, 5.41) is 3.65. The predicted molar refractivity (Wildman–Crippen MR) is 124 cm³/mol. The Morgan fingerprint density at radius 3 is 2.68 bits per heavy atom. The minimum Gasteiger partial charge on any atom is -0.351 e. The maximum atomic E-state index is 13.1. The predicted octanol–water partition coefficient (Wildman–Crippen LogP) is 3.85. The number of rotatable bonds is 7. The largest absolute Gasteiger partial charge is 0.351 e. The molecule has 1 aliphatic rings. The maximum Gasteiger partial charge on any atom is 0.242 e. The molecular formula is C24H28N4O2S. The molecule has 0 spiro atoms. The fourth-order valence-electron chi connectivity index (χ4n) is 3.99. The van der Waals surface area contributed by atoms with Crippen LogP contribution in [0.25, 0.3) is 11.0 Å². The number of amides is 2. The summed E-state index contributed by atoms with van der Waals surface area (Å²) in [5.74, 6) is 0.318. The molecule has 162 valence electrons. The number of likely N-dealkylation sites (tertiary alicyclic amines) is 1. The van der Waals surface area contributed by atoms with E-state index in [4.69, 9.17) is 4.98 Å². The number of aromatic nitrogens is 2. The summed E-state index contributed by atoms with van der Waals surface area (Å²) < 4.78 is 1.95. The normalized spacial score (nSPS) is 16.4. The number of hydrogen-bond acceptors (Lipinski definition) is 4. The molecule has 0 bridgehead atoms. The van der Waals surface area contributed by atoms with Crippen LogP contribution in [0.2, 0.25) is 0 Å². The van der Waals surface area contributed by atoms with Crippen LogP contribution in [0.4, 0.5) is 0 Å². The minimum absolute atomic E-state index is 0.0524. The van der Waals surface area contributed by atoms with Gasteiger partial charge >= 0.3 is 0 Å². The maximum absolute atomic E-state index is 13.1. The molecule has 1 fully saturated rings. The van der Waals surface area contributed by atoms with Crippen LogP contribution in [0.1, 0.15) is 31.7 Å². The third kappa shape index (κ3) is 5.28. The first-order valence-electron chi connectivity index (χ1n) is 10.8. The first-order valence-corrected chi connectivity index (χ1v) is 11.8. The van der Waals surface area contributed by atoms with Gasteiger partial charge in [0, 0.05) is 19.1 Å². The van der Waals surface area contributed by atoms with Crippen molar-refractivity contribution in [1.82, 2.24) is 19.8 Å². The molecule has 1 N–H and O–H groups in total. The van der Waals surface area contributed by atoms with Crippen LogP contribution in [0, 0.1) is 0 Å². The number of nitrogens with zero attached hydrogens (tertiary/aromatic N) is 3. The summed E-state index contributed by atoms with van der Waals surface area (Å²) >= 11 is 1.37. The smallest absolute Gasteiger partial charge is 0.242 e. The van der Waals surface area contributed by atoms with Crippen molar-refractivity contribution >= 4 is 34.6 Å². The molecule has 7 heteroatoms. The second kappa shape index (κ2) is 10.0. The van der Waals surface area contributed by atoms with Gasteiger partial charge in [-0.15, -0.1) is 0 Å². The van der Waals surface area contributed by atoms with E-state index in [0.717, 1.165) is 36.0 Å². The molecule has 2 amide bonds. The average molecular weight is 437 g/mol. The molecular weight excluding hydrogens is 408 g/mol. The number of nitrogens with one attached hydrogen (secondary N) is 1. The van der Waals surface area contributed by atoms with Crippen molar-refractivity contribution in [2.24, 2.45) is 0 Å². The Labute approximate surface area is 187 Å². The Kier molecular flexibility index (Phi) is 6.92. The van der Waals surface area contributed by atoms with Crippen LogP contribution < -0.4 is 5.32 Å². The summed E-state index contributed by atoms with van der Waals surface area (Å²) in [6, 6.07) is 17.9. The van der Waals surface area contributed by atoms with Crippen molar-refractivity contribution < 1.29 is 9.59 Å². The summed E-state index contributed by atoms with van der Waals surface area (Å²) in [5.41, 5.74) is 2.83. The van der Waals surface area contributed by atoms with E-state index in [1.807, 2.05) is 64.1 Å². The summed E-state index contributed by atoms with van der Waals surface area (Å²) in [4.78, 5) is 32.1. The van der Waals surface area contributed by atoms with Gasteiger partial charge in [0.25, 0.3) is 0 Å². The van der Waals surface area contributed by atoms with E-state index in [-0.39, 0.29) is 30.2 Å². The van der Waals surface area contributed by atoms with E-state index >= 15 is 0 Å². The zero-order chi connectivity index (χ0) is 21.6. The molecule has 1 atom stereocenters. The van der Waals surface area contributed by atoms with Gasteiger partial charge in [-0.2, -0.15) is 0 Å². The van der Waals surface area contributed by atoms with Crippen molar-refractivity contribution in [2.75, 3.05) is 12.3 Å². The van der Waals surface area contributed by atoms with E-state index in [1.54, 1.807) is 0 Å². The third-order valence-corrected chi connectivity index (χ3v) is 6.68. The molecule has 3 aromatic rings. The minimum atomic E-state index is -0.0524. The van der Waals surface area contributed by atoms with E-state index in [2.05, 4.69) is 12.2 Å². The van der Waals surface area contributed by atoms with Crippen LogP contribution in [-0.4, -0.2) is 44.6 Å². The van der Waals surface area contributed by atoms with Gasteiger partial charge < -0.3 is 14.8 Å². The topological polar surface area (TPSA) is 67.2 Å². The number of para-hydroxylation sites is 2. The Balaban J connectivity index is 1.44. The zero-order valence-electron chi connectivity index (χ0n) is 17.8. The van der Waals surface area contributed by atoms with Gasteiger partial charge in [-0.1, -0.05) is 54.2 Å². The number of hydrogen-bond donors (Lipinski definition) is 1. The Bertz CT molecular complexity index is 1050. The molecule has 31 heavy (non-hydrogen) atoms. The van der Waals surface area contributed by atoms with E-state index < -0.39 is 0 Å². The van der Waals surface area contributed by atoms with Crippen LogP contribution in [0.3, 0.4) is 0 Å². The second-order valence-electron chi connectivity index (χ2n) is 7.95. The molecule has 0 aliphatic carbocycles. The number of carbonyl (C=O) groups is 2. The molecule has 4 rings (SSSR count). The lowest BCUT2D eigenvalue weighted by Gasteiger charge is -2.33. The molecule has 6 nitrogen and oxygen atoms in total. The van der Waals surface area contributed by atoms with Gasteiger partial charge in [0.15, 0.2) is 5.16 Å². The van der Waals surface area contributed by atoms with Crippen LogP contribution in [-0.2, 0) is 22.7 Å². The van der Waals surface area contributed by atoms with Crippen LogP contribution in [0.5, 0.6) is 0 Å². The number of benzene rings is 2. The second-order valence-corrected chi connectivity index (χ2v) is 8.89. The third-order valence-electron chi connectivity index (χ3n) is 5.70. The number of imidazole rings is 1. The zero-order valence-corrected chi connectivity index (χ0v) is 18.6. The van der Waals surface area contributed by atoms with E-state index in [0.29, 0.717) is 11.7 Å². The Morgan fingerprint density at radius 2 is 1.87 bits per heavy atom. The van der Waals surface area contributed by atoms with Gasteiger partial charge in [0.2, 0.25) is 11.8 Å². The SMILES string of the molecule is C[C@@H]1CCCCN1C(=O)Cn1c(SCC(=O)NCc2ccccc2)nc2ccccc21. The summed E-state index contributed by atoms with van der Waals surface area (Å²) in [7, 11) is 0. The Morgan fingerprint density at radius 1 is 1.10 bits per heavy atom. The molecule has 0 saturated carbocycles. The van der Waals surface area contributed by atoms with Crippen molar-refractivity contribution in [2.45, 2.75) is 50.5 Å². The molecule has 1 saturated heterocycles. The Hall–Kier alpha value is -2.80. The highest BCUT2D eigenvalue weighted by Crippen LogP contribution is 2.25. The van der Waals surface area contributed by atoms with Gasteiger partial charge in [-0.05, 0) is 43.9 Å². The first-order chi connectivity index (χ1) is 15.1. The molecule has 2 aromatic carbocycles. The lowest BCUT2D eigenvalue weighted by atomic mass is 10.0. The number of fused-ring (bicyclic) bond motifs is 1. The lowest BCUT2D eigenvalue weighted by molar-refractivity contribution is -0.135. The molecule has 0 unspecified atom stereocenters. The standard InChI is InChI=1S/C24H28N4O2S/c1-18-9-7-8-14-27(18)23(30)16-28-21-13-6-5-12-20(21)26-24(28)31-17-22(29)25-15-19-10-3-2-4-11-19/h2-6,10-13,18H,7-9,14-17H2,1H3,(H,25,29)/t18-/m1/s1. The highest BCUT2D eigenvalue weighted by molar-refractivity contribution is 7.99. The van der Waals surface area contributed by atoms with E-state index in [1.165, 1.54) is 18.2 Å². The van der Waals surface area contributed by atoms with Gasteiger partial charge in [0.05, 0.1) is 16.8 Å². The van der Waals surface area contributed by atoms with Crippen molar-refractivity contribution in [3.63, 3.8) is 0 Å². The van der Waals surface area contributed by atoms with Crippen molar-refractivity contribution in [3.05, 3.63) is 60.2 Å². The van der Waals surface area contributed by atoms with E-state index in [9.17, 15) is 9.59 Å². The fourth-order valence-corrected chi connectivity index (χ4v) is 4.83. The molecule has 1 aliphatic heterocycles. The number of thioether (sulfide) groups is 1. The monoisotopic (exact) mass is 436 g/mol. The fraction of sp³-hybridized carbons (Fsp3) is 0.375. The van der Waals surface area contributed by atoms with Crippen LogP contribution in [0.15, 0.2) is 59.8 Å². The van der Waals surface area contributed by atoms with Gasteiger partial charge in [-0.3, -0.25) is 9.59 Å². The summed E-state index contributed by atoms with van der Waals surface area (Å²) in [6.45, 7) is 3.69. The number of piperidine rings is 1. The molecule has 2 heterocycles. The van der Waals surface area contributed by atoms with Gasteiger partial charge in [0.1, 0.15) is 6.54 Å². The molecule has 1 aromatic heterocycles. The first kappa shape index (κ1) is 21.4. The van der Waals surface area contributed by atoms with Crippen molar-refractivity contribution in [3.8, 4) is 0 Å².